The van der Waals surface area contributed by atoms with Crippen molar-refractivity contribution in [1.82, 2.24) is 15.0 Å². The Balaban J connectivity index is 1.44. The molecule has 2 aromatic carbocycles. The zero-order chi connectivity index (χ0) is 21.5. The first-order chi connectivity index (χ1) is 15.2. The fourth-order valence-electron chi connectivity index (χ4n) is 3.83. The first kappa shape index (κ1) is 21.1. The molecule has 1 N–H and O–H groups in total. The molecule has 0 bridgehead atoms. The predicted octanol–water partition coefficient (Wildman–Crippen LogP) is 6.14. The van der Waals surface area contributed by atoms with Gasteiger partial charge in [-0.05, 0) is 42.4 Å². The fourth-order valence-corrected chi connectivity index (χ4v) is 3.83. The standard InChI is InChI=1S/C25H29N3O3/c1-2-3-17-30-25(29)31-28-16-8-7-11-23(28)24-26-18-22(27-24)21-14-12-20(13-15-21)19-9-5-4-6-10-19/h4-6,9-10,12-15,18,23H,2-3,7-8,11,16-17H2,1H3,(H,26,27). The van der Waals surface area contributed by atoms with Gasteiger partial charge in [-0.15, -0.1) is 5.06 Å². The summed E-state index contributed by atoms with van der Waals surface area (Å²) < 4.78 is 5.16. The lowest BCUT2D eigenvalue weighted by Gasteiger charge is -2.31. The van der Waals surface area contributed by atoms with Crippen LogP contribution in [-0.4, -0.2) is 34.3 Å². The molecule has 2 heterocycles. The number of H-pyrrole nitrogens is 1. The Morgan fingerprint density at radius 1 is 1.06 bits per heavy atom. The summed E-state index contributed by atoms with van der Waals surface area (Å²) in [6.45, 7) is 3.12. The van der Waals surface area contributed by atoms with Crippen molar-refractivity contribution in [1.29, 1.82) is 0 Å². The molecule has 162 valence electrons. The lowest BCUT2D eigenvalue weighted by atomic mass is 10.0. The third-order valence-corrected chi connectivity index (χ3v) is 5.58. The van der Waals surface area contributed by atoms with E-state index < -0.39 is 6.16 Å². The maximum Gasteiger partial charge on any atom is 0.527 e. The molecule has 0 spiro atoms. The number of ether oxygens (including phenoxy) is 1. The summed E-state index contributed by atoms with van der Waals surface area (Å²) in [5.41, 5.74) is 4.39. The van der Waals surface area contributed by atoms with E-state index in [9.17, 15) is 4.79 Å². The highest BCUT2D eigenvalue weighted by atomic mass is 16.8. The highest BCUT2D eigenvalue weighted by Gasteiger charge is 2.30. The van der Waals surface area contributed by atoms with Gasteiger partial charge in [0.2, 0.25) is 0 Å². The number of hydrogen-bond donors (Lipinski definition) is 1. The van der Waals surface area contributed by atoms with E-state index in [4.69, 9.17) is 9.57 Å². The quantitative estimate of drug-likeness (QED) is 0.368. The maximum atomic E-state index is 12.0. The molecule has 1 unspecified atom stereocenters. The van der Waals surface area contributed by atoms with Crippen molar-refractivity contribution in [2.75, 3.05) is 13.2 Å². The second-order valence-electron chi connectivity index (χ2n) is 7.82. The van der Waals surface area contributed by atoms with Crippen molar-refractivity contribution >= 4 is 6.16 Å². The van der Waals surface area contributed by atoms with Gasteiger partial charge in [-0.2, -0.15) is 0 Å². The van der Waals surface area contributed by atoms with Crippen molar-refractivity contribution in [3.05, 3.63) is 66.6 Å². The third kappa shape index (κ3) is 5.33. The van der Waals surface area contributed by atoms with Gasteiger partial charge in [0.1, 0.15) is 11.9 Å². The first-order valence-corrected chi connectivity index (χ1v) is 11.1. The summed E-state index contributed by atoms with van der Waals surface area (Å²) in [5.74, 6) is 0.809. The molecule has 1 fully saturated rings. The van der Waals surface area contributed by atoms with Gasteiger partial charge in [0.25, 0.3) is 0 Å². The van der Waals surface area contributed by atoms with Crippen LogP contribution in [0.3, 0.4) is 0 Å². The number of piperidine rings is 1. The number of unbranched alkanes of at least 4 members (excludes halogenated alkanes) is 1. The highest BCUT2D eigenvalue weighted by molar-refractivity contribution is 5.68. The molecule has 1 aliphatic heterocycles. The highest BCUT2D eigenvalue weighted by Crippen LogP contribution is 2.31. The largest absolute Gasteiger partial charge is 0.527 e. The molecule has 1 aromatic heterocycles. The zero-order valence-corrected chi connectivity index (χ0v) is 17.9. The minimum absolute atomic E-state index is 0.0928. The van der Waals surface area contributed by atoms with Crippen LogP contribution >= 0.6 is 0 Å². The Kier molecular flexibility index (Phi) is 6.99. The number of hydrogen-bond acceptors (Lipinski definition) is 5. The van der Waals surface area contributed by atoms with E-state index in [2.05, 4.69) is 53.3 Å². The minimum atomic E-state index is -0.636. The number of carbonyl (C=O) groups is 1. The number of hydroxylamine groups is 2. The van der Waals surface area contributed by atoms with Crippen LogP contribution in [-0.2, 0) is 9.57 Å². The summed E-state index contributed by atoms with van der Waals surface area (Å²) in [4.78, 5) is 25.5. The van der Waals surface area contributed by atoms with Gasteiger partial charge in [0.15, 0.2) is 0 Å². The van der Waals surface area contributed by atoms with E-state index in [0.29, 0.717) is 13.2 Å². The molecule has 4 rings (SSSR count). The summed E-state index contributed by atoms with van der Waals surface area (Å²) in [7, 11) is 0. The van der Waals surface area contributed by atoms with Gasteiger partial charge in [0.05, 0.1) is 18.5 Å². The molecule has 6 nitrogen and oxygen atoms in total. The van der Waals surface area contributed by atoms with Crippen LogP contribution in [0.5, 0.6) is 0 Å². The maximum absolute atomic E-state index is 12.0. The average Bonchev–Trinajstić information content (AvgIpc) is 3.30. The second kappa shape index (κ2) is 10.3. The lowest BCUT2D eigenvalue weighted by molar-refractivity contribution is -0.169. The molecule has 31 heavy (non-hydrogen) atoms. The van der Waals surface area contributed by atoms with Crippen LogP contribution in [0.1, 0.15) is 50.9 Å². The monoisotopic (exact) mass is 419 g/mol. The fraction of sp³-hybridized carbons (Fsp3) is 0.360. The van der Waals surface area contributed by atoms with E-state index >= 15 is 0 Å². The van der Waals surface area contributed by atoms with E-state index in [1.807, 2.05) is 24.4 Å². The van der Waals surface area contributed by atoms with E-state index in [0.717, 1.165) is 49.2 Å². The minimum Gasteiger partial charge on any atom is -0.433 e. The van der Waals surface area contributed by atoms with Crippen LogP contribution < -0.4 is 0 Å². The molecule has 6 heteroatoms. The molecule has 0 radical (unpaired) electrons. The van der Waals surface area contributed by atoms with Crippen LogP contribution in [0.15, 0.2) is 60.8 Å². The molecule has 0 amide bonds. The molecular formula is C25H29N3O3. The van der Waals surface area contributed by atoms with Crippen molar-refractivity contribution in [2.45, 2.75) is 45.1 Å². The van der Waals surface area contributed by atoms with E-state index in [1.165, 1.54) is 11.1 Å². The van der Waals surface area contributed by atoms with Crippen molar-refractivity contribution in [2.24, 2.45) is 0 Å². The number of imidazole rings is 1. The number of benzene rings is 2. The smallest absolute Gasteiger partial charge is 0.433 e. The van der Waals surface area contributed by atoms with Gasteiger partial charge in [-0.3, -0.25) is 0 Å². The number of nitrogens with zero attached hydrogens (tertiary/aromatic N) is 2. The Bertz CT molecular complexity index is 969. The molecular weight excluding hydrogens is 390 g/mol. The average molecular weight is 420 g/mol. The Morgan fingerprint density at radius 2 is 1.81 bits per heavy atom. The molecule has 1 aliphatic rings. The van der Waals surface area contributed by atoms with Crippen LogP contribution in [0, 0.1) is 0 Å². The molecule has 1 atom stereocenters. The van der Waals surface area contributed by atoms with E-state index in [1.54, 1.807) is 5.06 Å². The molecule has 0 saturated carbocycles. The van der Waals surface area contributed by atoms with Gasteiger partial charge in [-0.25, -0.2) is 9.78 Å². The van der Waals surface area contributed by atoms with Crippen molar-refractivity contribution in [3.63, 3.8) is 0 Å². The summed E-state index contributed by atoms with van der Waals surface area (Å²) in [6.07, 6.45) is 5.94. The van der Waals surface area contributed by atoms with Crippen molar-refractivity contribution < 1.29 is 14.4 Å². The Morgan fingerprint density at radius 3 is 2.58 bits per heavy atom. The second-order valence-corrected chi connectivity index (χ2v) is 7.82. The number of aromatic amines is 1. The zero-order valence-electron chi connectivity index (χ0n) is 17.9. The van der Waals surface area contributed by atoms with Crippen LogP contribution in [0.25, 0.3) is 22.4 Å². The van der Waals surface area contributed by atoms with Gasteiger partial charge in [-0.1, -0.05) is 67.9 Å². The van der Waals surface area contributed by atoms with Crippen LogP contribution in [0.2, 0.25) is 0 Å². The normalized spacial score (nSPS) is 16.7. The summed E-state index contributed by atoms with van der Waals surface area (Å²) >= 11 is 0. The summed E-state index contributed by atoms with van der Waals surface area (Å²) in [5, 5.41) is 1.71. The lowest BCUT2D eigenvalue weighted by Crippen LogP contribution is -2.36. The number of aromatic nitrogens is 2. The molecule has 0 aliphatic carbocycles. The number of rotatable bonds is 7. The van der Waals surface area contributed by atoms with E-state index in [-0.39, 0.29) is 6.04 Å². The SMILES string of the molecule is CCCCOC(=O)ON1CCCCC1c1ncc(-c2ccc(-c3ccccc3)cc2)[nH]1. The topological polar surface area (TPSA) is 67.5 Å². The van der Waals surface area contributed by atoms with Gasteiger partial charge >= 0.3 is 6.16 Å². The molecule has 1 saturated heterocycles. The summed E-state index contributed by atoms with van der Waals surface area (Å²) in [6, 6.07) is 18.7. The third-order valence-electron chi connectivity index (χ3n) is 5.58. The molecule has 3 aromatic rings. The number of nitrogens with one attached hydrogen (secondary N) is 1. The Labute approximate surface area is 183 Å². The predicted molar refractivity (Wildman–Crippen MR) is 120 cm³/mol. The van der Waals surface area contributed by atoms with Crippen molar-refractivity contribution in [3.8, 4) is 22.4 Å². The Hall–Kier alpha value is -3.12. The first-order valence-electron chi connectivity index (χ1n) is 11.1. The number of carbonyl (C=O) groups excluding carboxylic acids is 1. The van der Waals surface area contributed by atoms with Crippen LogP contribution in [0.4, 0.5) is 4.79 Å². The van der Waals surface area contributed by atoms with Gasteiger partial charge < -0.3 is 14.6 Å². The van der Waals surface area contributed by atoms with Gasteiger partial charge in [0, 0.05) is 6.54 Å².